The molecule has 4 aromatic rings. The van der Waals surface area contributed by atoms with Crippen molar-refractivity contribution in [1.82, 2.24) is 4.57 Å². The van der Waals surface area contributed by atoms with Crippen molar-refractivity contribution < 1.29 is 4.57 Å². The molecule has 2 heterocycles. The van der Waals surface area contributed by atoms with Crippen LogP contribution < -0.4 is 4.57 Å². The van der Waals surface area contributed by atoms with E-state index >= 15 is 0 Å². The highest BCUT2D eigenvalue weighted by atomic mass is 15.1. The van der Waals surface area contributed by atoms with Crippen LogP contribution in [0.4, 0.5) is 0 Å². The second-order valence-electron chi connectivity index (χ2n) is 6.80. The molecular weight excluding hydrogens is 292 g/mol. The molecule has 4 rings (SSSR count). The predicted molar refractivity (Wildman–Crippen MR) is 101 cm³/mol. The Morgan fingerprint density at radius 1 is 0.833 bits per heavy atom. The van der Waals surface area contributed by atoms with Crippen LogP contribution in [0, 0.1) is 27.7 Å². The number of fused-ring (bicyclic) bond motifs is 3. The first-order valence-corrected chi connectivity index (χ1v) is 8.46. The van der Waals surface area contributed by atoms with E-state index < -0.39 is 0 Å². The molecule has 0 fully saturated rings. The smallest absolute Gasteiger partial charge is 0.234 e. The van der Waals surface area contributed by atoms with Crippen LogP contribution in [0.2, 0.25) is 0 Å². The van der Waals surface area contributed by atoms with Crippen LogP contribution in [-0.2, 0) is 7.05 Å². The number of rotatable bonds is 1. The lowest BCUT2D eigenvalue weighted by Crippen LogP contribution is -2.37. The van der Waals surface area contributed by atoms with Crippen LogP contribution in [0.1, 0.15) is 22.4 Å². The van der Waals surface area contributed by atoms with Gasteiger partial charge in [-0.05, 0) is 62.6 Å². The highest BCUT2D eigenvalue weighted by molar-refractivity contribution is 6.11. The number of aromatic nitrogens is 2. The van der Waals surface area contributed by atoms with Crippen LogP contribution in [0.5, 0.6) is 0 Å². The van der Waals surface area contributed by atoms with Gasteiger partial charge >= 0.3 is 0 Å². The summed E-state index contributed by atoms with van der Waals surface area (Å²) in [4.78, 5) is 0. The van der Waals surface area contributed by atoms with Gasteiger partial charge in [-0.25, -0.2) is 4.57 Å². The third kappa shape index (κ3) is 1.92. The third-order valence-electron chi connectivity index (χ3n) is 5.33. The van der Waals surface area contributed by atoms with E-state index in [9.17, 15) is 0 Å². The first-order chi connectivity index (χ1) is 11.5. The maximum absolute atomic E-state index is 2.42. The average molecular weight is 315 g/mol. The first kappa shape index (κ1) is 14.9. The molecule has 0 N–H and O–H groups in total. The fourth-order valence-electron chi connectivity index (χ4n) is 3.83. The molecule has 24 heavy (non-hydrogen) atoms. The number of pyridine rings is 1. The molecule has 0 aliphatic heterocycles. The third-order valence-corrected chi connectivity index (χ3v) is 5.33. The minimum atomic E-state index is 1.20. The molecule has 2 heteroatoms. The molecule has 2 nitrogen and oxygen atoms in total. The fourth-order valence-corrected chi connectivity index (χ4v) is 3.83. The van der Waals surface area contributed by atoms with Crippen molar-refractivity contribution in [2.75, 3.05) is 0 Å². The Bertz CT molecular complexity index is 1100. The molecule has 0 spiro atoms. The molecule has 0 radical (unpaired) electrons. The zero-order valence-electron chi connectivity index (χ0n) is 15.0. The molecule has 120 valence electrons. The summed E-state index contributed by atoms with van der Waals surface area (Å²) in [6, 6.07) is 17.5. The van der Waals surface area contributed by atoms with Crippen molar-refractivity contribution in [3.63, 3.8) is 0 Å². The van der Waals surface area contributed by atoms with Crippen molar-refractivity contribution in [1.29, 1.82) is 0 Å². The Labute approximate surface area is 143 Å². The number of hydrogen-bond acceptors (Lipinski definition) is 0. The second-order valence-corrected chi connectivity index (χ2v) is 6.80. The van der Waals surface area contributed by atoms with Crippen LogP contribution in [0.15, 0.2) is 48.5 Å². The summed E-state index contributed by atoms with van der Waals surface area (Å²) in [5.41, 5.74) is 7.90. The van der Waals surface area contributed by atoms with E-state index in [1.54, 1.807) is 0 Å². The van der Waals surface area contributed by atoms with Crippen LogP contribution >= 0.6 is 0 Å². The lowest BCUT2D eigenvalue weighted by atomic mass is 10.00. The van der Waals surface area contributed by atoms with Gasteiger partial charge in [-0.3, -0.25) is 0 Å². The number of nitrogens with zero attached hydrogens (tertiary/aromatic N) is 2. The normalized spacial score (nSPS) is 11.5. The number of benzene rings is 2. The van der Waals surface area contributed by atoms with E-state index in [0.717, 1.165) is 0 Å². The molecule has 0 saturated heterocycles. The summed E-state index contributed by atoms with van der Waals surface area (Å²) in [5, 5.41) is 2.70. The Kier molecular flexibility index (Phi) is 3.24. The van der Waals surface area contributed by atoms with Gasteiger partial charge in [-0.1, -0.05) is 24.3 Å². The van der Waals surface area contributed by atoms with Gasteiger partial charge < -0.3 is 0 Å². The summed E-state index contributed by atoms with van der Waals surface area (Å²) in [5.74, 6) is 1.20. The zero-order chi connectivity index (χ0) is 17.0. The van der Waals surface area contributed by atoms with Crippen molar-refractivity contribution >= 4 is 21.8 Å². The lowest BCUT2D eigenvalue weighted by molar-refractivity contribution is -0.671. The Balaban J connectivity index is 2.32. The van der Waals surface area contributed by atoms with Gasteiger partial charge in [-0.15, -0.1) is 0 Å². The van der Waals surface area contributed by atoms with Gasteiger partial charge in [0.1, 0.15) is 16.7 Å². The summed E-state index contributed by atoms with van der Waals surface area (Å²) < 4.78 is 4.69. The highest BCUT2D eigenvalue weighted by Gasteiger charge is 2.24. The predicted octanol–water partition coefficient (Wildman–Crippen LogP) is 4.84. The van der Waals surface area contributed by atoms with E-state index in [-0.39, 0.29) is 0 Å². The van der Waals surface area contributed by atoms with E-state index in [2.05, 4.69) is 92.4 Å². The van der Waals surface area contributed by atoms with E-state index in [0.29, 0.717) is 0 Å². The molecule has 0 atom stereocenters. The summed E-state index contributed by atoms with van der Waals surface area (Å²) in [7, 11) is 2.14. The van der Waals surface area contributed by atoms with Gasteiger partial charge in [-0.2, -0.15) is 4.57 Å². The molecule has 2 aromatic heterocycles. The lowest BCUT2D eigenvalue weighted by Gasteiger charge is -2.09. The fraction of sp³-hybridized carbons (Fsp3) is 0.227. The second kappa shape index (κ2) is 5.20. The standard InChI is InChI=1S/C22H23N2/c1-14-13-15(2)21-18-10-6-7-11-19(18)24(22(21)17(14)4)20-12-8-9-16(3)23(20)5/h6-13H,1-5H3/q+1. The van der Waals surface area contributed by atoms with E-state index in [1.807, 2.05) is 0 Å². The topological polar surface area (TPSA) is 8.81 Å². The Hall–Kier alpha value is -2.61. The number of hydrogen-bond donors (Lipinski definition) is 0. The molecule has 0 unspecified atom stereocenters. The van der Waals surface area contributed by atoms with Crippen LogP contribution in [0.25, 0.3) is 27.6 Å². The van der Waals surface area contributed by atoms with Crippen LogP contribution in [-0.4, -0.2) is 4.57 Å². The molecule has 0 saturated carbocycles. The summed E-state index contributed by atoms with van der Waals surface area (Å²) >= 11 is 0. The maximum atomic E-state index is 2.42. The Morgan fingerprint density at radius 2 is 1.58 bits per heavy atom. The first-order valence-electron chi connectivity index (χ1n) is 8.46. The minimum absolute atomic E-state index is 1.20. The minimum Gasteiger partial charge on any atom is -0.234 e. The van der Waals surface area contributed by atoms with Gasteiger partial charge in [0, 0.05) is 16.8 Å². The van der Waals surface area contributed by atoms with E-state index in [4.69, 9.17) is 0 Å². The average Bonchev–Trinajstić information content (AvgIpc) is 2.91. The van der Waals surface area contributed by atoms with Crippen molar-refractivity contribution in [3.8, 4) is 5.82 Å². The molecule has 2 aromatic carbocycles. The zero-order valence-corrected chi connectivity index (χ0v) is 15.0. The molecule has 0 aliphatic carbocycles. The van der Waals surface area contributed by atoms with E-state index in [1.165, 1.54) is 50.0 Å². The molecule has 0 aliphatic rings. The number of aryl methyl sites for hydroxylation is 4. The quantitative estimate of drug-likeness (QED) is 0.444. The Morgan fingerprint density at radius 3 is 2.38 bits per heavy atom. The SMILES string of the molecule is Cc1cc(C)c2c3ccccc3n(-c3cccc(C)[n+]3C)c2c1C. The molecule has 0 amide bonds. The van der Waals surface area contributed by atoms with Crippen molar-refractivity contribution in [3.05, 3.63) is 70.9 Å². The van der Waals surface area contributed by atoms with Gasteiger partial charge in [0.2, 0.25) is 0 Å². The van der Waals surface area contributed by atoms with Gasteiger partial charge in [0.15, 0.2) is 0 Å². The van der Waals surface area contributed by atoms with Crippen molar-refractivity contribution in [2.24, 2.45) is 7.05 Å². The van der Waals surface area contributed by atoms with Crippen molar-refractivity contribution in [2.45, 2.75) is 27.7 Å². The monoisotopic (exact) mass is 315 g/mol. The summed E-state index contributed by atoms with van der Waals surface area (Å²) in [6.07, 6.45) is 0. The summed E-state index contributed by atoms with van der Waals surface area (Å²) in [6.45, 7) is 8.82. The largest absolute Gasteiger partial charge is 0.286 e. The van der Waals surface area contributed by atoms with Gasteiger partial charge in [0.25, 0.3) is 5.82 Å². The maximum Gasteiger partial charge on any atom is 0.286 e. The number of para-hydroxylation sites is 1. The van der Waals surface area contributed by atoms with Crippen LogP contribution in [0.3, 0.4) is 0 Å². The van der Waals surface area contributed by atoms with Gasteiger partial charge in [0.05, 0.1) is 7.05 Å². The highest BCUT2D eigenvalue weighted by Crippen LogP contribution is 2.36. The molecule has 0 bridgehead atoms. The molecular formula is C22H23N2+.